The van der Waals surface area contributed by atoms with Gasteiger partial charge in [-0.05, 0) is 38.0 Å². The van der Waals surface area contributed by atoms with Crippen molar-refractivity contribution in [2.75, 3.05) is 42.5 Å². The molecular weight excluding hydrogens is 314 g/mol. The number of nitrogens with one attached hydrogen (secondary N) is 1. The van der Waals surface area contributed by atoms with E-state index in [1.165, 1.54) is 12.8 Å². The maximum Gasteiger partial charge on any atom is 0.224 e. The first-order valence-electron chi connectivity index (χ1n) is 9.77. The van der Waals surface area contributed by atoms with Gasteiger partial charge in [0.15, 0.2) is 0 Å². The van der Waals surface area contributed by atoms with E-state index in [0.717, 1.165) is 63.6 Å². The lowest BCUT2D eigenvalue weighted by Gasteiger charge is -2.34. The Morgan fingerprint density at radius 3 is 2.52 bits per heavy atom. The summed E-state index contributed by atoms with van der Waals surface area (Å²) < 4.78 is 0. The number of amides is 1. The predicted molar refractivity (Wildman–Crippen MR) is 101 cm³/mol. The van der Waals surface area contributed by atoms with E-state index in [1.54, 1.807) is 6.33 Å². The van der Waals surface area contributed by atoms with E-state index >= 15 is 0 Å². The molecule has 0 radical (unpaired) electrons. The first-order chi connectivity index (χ1) is 12.2. The van der Waals surface area contributed by atoms with Crippen LogP contribution >= 0.6 is 0 Å². The Labute approximate surface area is 151 Å². The van der Waals surface area contributed by atoms with Gasteiger partial charge in [0, 0.05) is 38.8 Å². The van der Waals surface area contributed by atoms with E-state index in [1.807, 2.05) is 0 Å². The highest BCUT2D eigenvalue weighted by Gasteiger charge is 2.27. The fourth-order valence-corrected chi connectivity index (χ4v) is 3.87. The summed E-state index contributed by atoms with van der Waals surface area (Å²) in [6.07, 6.45) is 7.17. The Bertz CT molecular complexity index is 579. The Balaban J connectivity index is 1.66. The van der Waals surface area contributed by atoms with Crippen molar-refractivity contribution in [2.24, 2.45) is 11.8 Å². The molecule has 0 bridgehead atoms. The van der Waals surface area contributed by atoms with Gasteiger partial charge in [-0.15, -0.1) is 0 Å². The van der Waals surface area contributed by atoms with E-state index in [0.29, 0.717) is 5.92 Å². The summed E-state index contributed by atoms with van der Waals surface area (Å²) >= 11 is 0. The van der Waals surface area contributed by atoms with Crippen molar-refractivity contribution >= 4 is 17.5 Å². The monoisotopic (exact) mass is 345 g/mol. The van der Waals surface area contributed by atoms with Crippen LogP contribution in [0.4, 0.5) is 11.6 Å². The number of anilines is 2. The molecule has 2 unspecified atom stereocenters. The number of rotatable bonds is 5. The largest absolute Gasteiger partial charge is 0.356 e. The molecule has 3 heterocycles. The molecule has 2 aliphatic rings. The minimum atomic E-state index is 0.0636. The van der Waals surface area contributed by atoms with Gasteiger partial charge in [0.25, 0.3) is 0 Å². The number of nitrogens with zero attached hydrogens (tertiary/aromatic N) is 4. The molecule has 0 spiro atoms. The number of hydrogen-bond acceptors (Lipinski definition) is 5. The molecule has 2 fully saturated rings. The summed E-state index contributed by atoms with van der Waals surface area (Å²) in [6.45, 7) is 9.00. The van der Waals surface area contributed by atoms with Gasteiger partial charge in [0.05, 0.1) is 5.92 Å². The number of aromatic nitrogens is 2. The maximum atomic E-state index is 12.3. The van der Waals surface area contributed by atoms with Gasteiger partial charge in [-0.25, -0.2) is 9.97 Å². The van der Waals surface area contributed by atoms with Crippen LogP contribution in [0.2, 0.25) is 0 Å². The second-order valence-corrected chi connectivity index (χ2v) is 7.50. The topological polar surface area (TPSA) is 61.4 Å². The molecule has 3 rings (SSSR count). The van der Waals surface area contributed by atoms with Crippen LogP contribution in [0.3, 0.4) is 0 Å². The molecule has 0 aliphatic carbocycles. The fourth-order valence-electron chi connectivity index (χ4n) is 3.87. The molecule has 25 heavy (non-hydrogen) atoms. The molecule has 2 saturated heterocycles. The number of hydrogen-bond donors (Lipinski definition) is 1. The van der Waals surface area contributed by atoms with E-state index in [9.17, 15) is 4.79 Å². The van der Waals surface area contributed by atoms with Gasteiger partial charge in [-0.1, -0.05) is 13.8 Å². The Morgan fingerprint density at radius 1 is 1.16 bits per heavy atom. The SMILES string of the molecule is CCCNC(=O)C1CCCN(c2cc(N3CCCC(C)C3)ncn2)C1. The lowest BCUT2D eigenvalue weighted by molar-refractivity contribution is -0.125. The van der Waals surface area contributed by atoms with Crippen LogP contribution in [0.25, 0.3) is 0 Å². The quantitative estimate of drug-likeness (QED) is 0.888. The Morgan fingerprint density at radius 2 is 1.84 bits per heavy atom. The zero-order valence-corrected chi connectivity index (χ0v) is 15.6. The molecule has 1 N–H and O–H groups in total. The standard InChI is InChI=1S/C19H31N5O/c1-3-8-20-19(25)16-7-5-10-24(13-16)18-11-17(21-14-22-18)23-9-4-6-15(2)12-23/h11,14-16H,3-10,12-13H2,1-2H3,(H,20,25). The number of piperidine rings is 2. The minimum Gasteiger partial charge on any atom is -0.356 e. The summed E-state index contributed by atoms with van der Waals surface area (Å²) in [7, 11) is 0. The summed E-state index contributed by atoms with van der Waals surface area (Å²) in [6, 6.07) is 2.10. The second-order valence-electron chi connectivity index (χ2n) is 7.50. The molecular formula is C19H31N5O. The normalized spacial score (nSPS) is 24.2. The zero-order chi connectivity index (χ0) is 17.6. The number of carbonyl (C=O) groups is 1. The molecule has 6 heteroatoms. The van der Waals surface area contributed by atoms with Crippen molar-refractivity contribution in [3.05, 3.63) is 12.4 Å². The lowest BCUT2D eigenvalue weighted by atomic mass is 9.97. The molecule has 0 aromatic carbocycles. The zero-order valence-electron chi connectivity index (χ0n) is 15.6. The van der Waals surface area contributed by atoms with Gasteiger partial charge in [-0.2, -0.15) is 0 Å². The summed E-state index contributed by atoms with van der Waals surface area (Å²) in [4.78, 5) is 25.9. The molecule has 1 aromatic rings. The van der Waals surface area contributed by atoms with Crippen molar-refractivity contribution < 1.29 is 4.79 Å². The van der Waals surface area contributed by atoms with E-state index in [-0.39, 0.29) is 11.8 Å². The molecule has 1 amide bonds. The fraction of sp³-hybridized carbons (Fsp3) is 0.737. The van der Waals surface area contributed by atoms with Crippen molar-refractivity contribution in [3.8, 4) is 0 Å². The Kier molecular flexibility index (Phi) is 6.10. The van der Waals surface area contributed by atoms with Gasteiger partial charge in [0.1, 0.15) is 18.0 Å². The first kappa shape index (κ1) is 18.0. The van der Waals surface area contributed by atoms with Crippen LogP contribution in [0.1, 0.15) is 46.0 Å². The Hall–Kier alpha value is -1.85. The summed E-state index contributed by atoms with van der Waals surface area (Å²) in [5, 5.41) is 3.04. The van der Waals surface area contributed by atoms with Crippen molar-refractivity contribution in [2.45, 2.75) is 46.0 Å². The number of carbonyl (C=O) groups excluding carboxylic acids is 1. The molecule has 138 valence electrons. The van der Waals surface area contributed by atoms with Crippen LogP contribution < -0.4 is 15.1 Å². The summed E-state index contributed by atoms with van der Waals surface area (Å²) in [5.41, 5.74) is 0. The molecule has 6 nitrogen and oxygen atoms in total. The molecule has 0 saturated carbocycles. The van der Waals surface area contributed by atoms with Gasteiger partial charge < -0.3 is 15.1 Å². The third-order valence-electron chi connectivity index (χ3n) is 5.28. The van der Waals surface area contributed by atoms with Gasteiger partial charge in [-0.3, -0.25) is 4.79 Å². The van der Waals surface area contributed by atoms with Crippen LogP contribution in [0.15, 0.2) is 12.4 Å². The maximum absolute atomic E-state index is 12.3. The van der Waals surface area contributed by atoms with Gasteiger partial charge >= 0.3 is 0 Å². The van der Waals surface area contributed by atoms with Crippen molar-refractivity contribution in [1.29, 1.82) is 0 Å². The van der Waals surface area contributed by atoms with Crippen molar-refractivity contribution in [1.82, 2.24) is 15.3 Å². The smallest absolute Gasteiger partial charge is 0.224 e. The predicted octanol–water partition coefficient (Wildman–Crippen LogP) is 2.46. The summed E-state index contributed by atoms with van der Waals surface area (Å²) in [5.74, 6) is 2.94. The third-order valence-corrected chi connectivity index (χ3v) is 5.28. The van der Waals surface area contributed by atoms with Crippen molar-refractivity contribution in [3.63, 3.8) is 0 Å². The average Bonchev–Trinajstić information content (AvgIpc) is 2.66. The second kappa shape index (κ2) is 8.50. The van der Waals surface area contributed by atoms with Crippen LogP contribution in [0, 0.1) is 11.8 Å². The molecule has 2 aliphatic heterocycles. The van der Waals surface area contributed by atoms with E-state index in [4.69, 9.17) is 0 Å². The average molecular weight is 345 g/mol. The highest BCUT2D eigenvalue weighted by Crippen LogP contribution is 2.26. The first-order valence-corrected chi connectivity index (χ1v) is 9.77. The van der Waals surface area contributed by atoms with Gasteiger partial charge in [0.2, 0.25) is 5.91 Å². The van der Waals surface area contributed by atoms with Crippen LogP contribution in [0.5, 0.6) is 0 Å². The molecule has 1 aromatic heterocycles. The third kappa shape index (κ3) is 4.61. The van der Waals surface area contributed by atoms with E-state index in [2.05, 4.69) is 45.0 Å². The minimum absolute atomic E-state index is 0.0636. The molecule has 2 atom stereocenters. The lowest BCUT2D eigenvalue weighted by Crippen LogP contribution is -2.43. The highest BCUT2D eigenvalue weighted by molar-refractivity contribution is 5.79. The van der Waals surface area contributed by atoms with Crippen LogP contribution in [-0.4, -0.2) is 48.6 Å². The highest BCUT2D eigenvalue weighted by atomic mass is 16.1. The van der Waals surface area contributed by atoms with Crippen LogP contribution in [-0.2, 0) is 4.79 Å². The van der Waals surface area contributed by atoms with E-state index < -0.39 is 0 Å².